The first kappa shape index (κ1) is 15.4. The van der Waals surface area contributed by atoms with Gasteiger partial charge in [0.25, 0.3) is 0 Å². The number of methoxy groups -OCH3 is 1. The predicted octanol–water partition coefficient (Wildman–Crippen LogP) is 4.14. The Kier molecular flexibility index (Phi) is 4.21. The van der Waals surface area contributed by atoms with Gasteiger partial charge in [0.2, 0.25) is 0 Å². The fourth-order valence-corrected chi connectivity index (χ4v) is 2.84. The quantitative estimate of drug-likeness (QED) is 0.822. The summed E-state index contributed by atoms with van der Waals surface area (Å²) in [6, 6.07) is 12.2. The minimum Gasteiger partial charge on any atom is -0.508 e. The number of aromatic hydroxyl groups is 1. The van der Waals surface area contributed by atoms with Crippen LogP contribution in [0.3, 0.4) is 0 Å². The van der Waals surface area contributed by atoms with Crippen LogP contribution >= 0.6 is 15.9 Å². The fraction of sp³-hybridized carbons (Fsp3) is 0.0556. The van der Waals surface area contributed by atoms with Crippen LogP contribution in [0.15, 0.2) is 58.8 Å². The van der Waals surface area contributed by atoms with Crippen molar-refractivity contribution in [2.24, 2.45) is 0 Å². The van der Waals surface area contributed by atoms with Crippen LogP contribution in [-0.4, -0.2) is 18.2 Å². The van der Waals surface area contributed by atoms with E-state index in [1.54, 1.807) is 37.5 Å². The van der Waals surface area contributed by atoms with Crippen LogP contribution in [0.5, 0.6) is 11.5 Å². The number of hydrogen-bond donors (Lipinski definition) is 1. The molecule has 0 aromatic heterocycles. The number of halogens is 1. The lowest BCUT2D eigenvalue weighted by Gasteiger charge is -2.07. The van der Waals surface area contributed by atoms with Crippen LogP contribution in [-0.2, 0) is 9.53 Å². The fourth-order valence-electron chi connectivity index (χ4n) is 2.28. The highest BCUT2D eigenvalue weighted by molar-refractivity contribution is 9.10. The maximum Gasteiger partial charge on any atom is 0.336 e. The molecule has 1 N–H and O–H groups in total. The zero-order valence-electron chi connectivity index (χ0n) is 12.2. The van der Waals surface area contributed by atoms with Gasteiger partial charge in [0, 0.05) is 11.6 Å². The molecule has 0 saturated carbocycles. The lowest BCUT2D eigenvalue weighted by Crippen LogP contribution is -1.92. The van der Waals surface area contributed by atoms with Crippen molar-refractivity contribution in [3.05, 3.63) is 69.9 Å². The molecule has 2 aromatic rings. The first-order valence-electron chi connectivity index (χ1n) is 6.85. The van der Waals surface area contributed by atoms with Crippen LogP contribution in [0.25, 0.3) is 11.6 Å². The van der Waals surface area contributed by atoms with Gasteiger partial charge in [-0.3, -0.25) is 0 Å². The highest BCUT2D eigenvalue weighted by Gasteiger charge is 2.21. The van der Waals surface area contributed by atoms with Gasteiger partial charge in [0.1, 0.15) is 17.3 Å². The van der Waals surface area contributed by atoms with Gasteiger partial charge in [0.05, 0.1) is 11.6 Å². The minimum absolute atomic E-state index is 0.171. The summed E-state index contributed by atoms with van der Waals surface area (Å²) in [7, 11) is 1.60. The van der Waals surface area contributed by atoms with Gasteiger partial charge in [-0.05, 0) is 57.4 Å². The number of phenols is 1. The average Bonchev–Trinajstić information content (AvgIpc) is 2.89. The third-order valence-corrected chi connectivity index (χ3v) is 4.01. The van der Waals surface area contributed by atoms with Gasteiger partial charge in [0.15, 0.2) is 0 Å². The topological polar surface area (TPSA) is 55.8 Å². The third-order valence-electron chi connectivity index (χ3n) is 3.39. The van der Waals surface area contributed by atoms with Crippen molar-refractivity contribution in [1.29, 1.82) is 0 Å². The van der Waals surface area contributed by atoms with E-state index in [2.05, 4.69) is 15.9 Å². The van der Waals surface area contributed by atoms with E-state index in [0.29, 0.717) is 11.3 Å². The number of esters is 1. The van der Waals surface area contributed by atoms with Crippen LogP contribution in [0.2, 0.25) is 0 Å². The minimum atomic E-state index is -0.410. The van der Waals surface area contributed by atoms with Crippen molar-refractivity contribution >= 4 is 33.5 Å². The molecule has 1 heterocycles. The number of carbonyl (C=O) groups excluding carboxylic acids is 1. The predicted molar refractivity (Wildman–Crippen MR) is 90.8 cm³/mol. The maximum absolute atomic E-state index is 11.6. The van der Waals surface area contributed by atoms with E-state index in [1.807, 2.05) is 18.2 Å². The number of benzene rings is 2. The van der Waals surface area contributed by atoms with Crippen LogP contribution < -0.4 is 4.74 Å². The summed E-state index contributed by atoms with van der Waals surface area (Å²) >= 11 is 3.43. The second kappa shape index (κ2) is 6.30. The van der Waals surface area contributed by atoms with Crippen LogP contribution in [0.4, 0.5) is 0 Å². The lowest BCUT2D eigenvalue weighted by molar-refractivity contribution is -0.132. The number of carbonyl (C=O) groups is 1. The van der Waals surface area contributed by atoms with Gasteiger partial charge in [-0.2, -0.15) is 0 Å². The molecular weight excluding hydrogens is 360 g/mol. The summed E-state index contributed by atoms with van der Waals surface area (Å²) < 4.78 is 11.3. The summed E-state index contributed by atoms with van der Waals surface area (Å²) in [6.07, 6.45) is 3.23. The molecule has 3 rings (SSSR count). The first-order chi connectivity index (χ1) is 11.1. The maximum atomic E-state index is 11.6. The van der Waals surface area contributed by atoms with Gasteiger partial charge >= 0.3 is 5.97 Å². The van der Waals surface area contributed by atoms with Crippen molar-refractivity contribution < 1.29 is 19.4 Å². The Morgan fingerprint density at radius 2 is 1.91 bits per heavy atom. The van der Waals surface area contributed by atoms with E-state index in [1.165, 1.54) is 6.08 Å². The molecule has 0 amide bonds. The molecule has 0 bridgehead atoms. The number of ether oxygens (including phenoxy) is 2. The molecule has 23 heavy (non-hydrogen) atoms. The molecule has 0 spiro atoms. The SMILES string of the molecule is COc1ccc(C=C2OC(=O)C=C2c2ccc(O)cc2)cc1Br. The Hall–Kier alpha value is -2.53. The van der Waals surface area contributed by atoms with E-state index in [9.17, 15) is 9.90 Å². The van der Waals surface area contributed by atoms with Gasteiger partial charge in [-0.1, -0.05) is 18.2 Å². The average molecular weight is 373 g/mol. The van der Waals surface area contributed by atoms with Crippen molar-refractivity contribution in [2.75, 3.05) is 7.11 Å². The number of phenolic OH excluding ortho intramolecular Hbond substituents is 1. The second-order valence-corrected chi connectivity index (χ2v) is 5.78. The van der Waals surface area contributed by atoms with Gasteiger partial charge in [-0.15, -0.1) is 0 Å². The monoisotopic (exact) mass is 372 g/mol. The standard InChI is InChI=1S/C18H13BrO4/c1-22-16-7-2-11(8-15(16)19)9-17-14(10-18(21)23-17)12-3-5-13(20)6-4-12/h2-10,20H,1H3. The molecule has 0 radical (unpaired) electrons. The Morgan fingerprint density at radius 3 is 2.57 bits per heavy atom. The van der Waals surface area contributed by atoms with Crippen molar-refractivity contribution in [3.63, 3.8) is 0 Å². The van der Waals surface area contributed by atoms with Gasteiger partial charge < -0.3 is 14.6 Å². The zero-order chi connectivity index (χ0) is 16.4. The summed E-state index contributed by atoms with van der Waals surface area (Å²) in [5.74, 6) is 0.957. The molecule has 4 nitrogen and oxygen atoms in total. The van der Waals surface area contributed by atoms with E-state index in [-0.39, 0.29) is 5.75 Å². The lowest BCUT2D eigenvalue weighted by atomic mass is 10.0. The highest BCUT2D eigenvalue weighted by atomic mass is 79.9. The summed E-state index contributed by atoms with van der Waals surface area (Å²) in [6.45, 7) is 0. The molecule has 116 valence electrons. The van der Waals surface area contributed by atoms with E-state index >= 15 is 0 Å². The molecule has 2 aromatic carbocycles. The van der Waals surface area contributed by atoms with Gasteiger partial charge in [-0.25, -0.2) is 4.79 Å². The molecule has 0 saturated heterocycles. The Balaban J connectivity index is 1.97. The van der Waals surface area contributed by atoms with E-state index < -0.39 is 5.97 Å². The number of cyclic esters (lactones) is 1. The summed E-state index contributed by atoms with van der Waals surface area (Å²) in [4.78, 5) is 11.6. The molecule has 0 unspecified atom stereocenters. The van der Waals surface area contributed by atoms with E-state index in [0.717, 1.165) is 21.3 Å². The summed E-state index contributed by atoms with van der Waals surface area (Å²) in [5, 5.41) is 9.38. The zero-order valence-corrected chi connectivity index (χ0v) is 13.8. The number of hydrogen-bond acceptors (Lipinski definition) is 4. The van der Waals surface area contributed by atoms with Crippen molar-refractivity contribution in [3.8, 4) is 11.5 Å². The Labute approximate surface area is 141 Å². The molecule has 0 fully saturated rings. The van der Waals surface area contributed by atoms with Crippen LogP contribution in [0.1, 0.15) is 11.1 Å². The normalized spacial score (nSPS) is 15.5. The van der Waals surface area contributed by atoms with Crippen LogP contribution in [0, 0.1) is 0 Å². The van der Waals surface area contributed by atoms with Crippen molar-refractivity contribution in [1.82, 2.24) is 0 Å². The number of allylic oxidation sites excluding steroid dienone is 1. The van der Waals surface area contributed by atoms with E-state index in [4.69, 9.17) is 9.47 Å². The largest absolute Gasteiger partial charge is 0.508 e. The number of rotatable bonds is 3. The molecule has 1 aliphatic rings. The molecule has 5 heteroatoms. The molecule has 0 atom stereocenters. The molecule has 1 aliphatic heterocycles. The molecule has 0 aliphatic carbocycles. The Morgan fingerprint density at radius 1 is 1.17 bits per heavy atom. The molecular formula is C18H13BrO4. The van der Waals surface area contributed by atoms with Crippen molar-refractivity contribution in [2.45, 2.75) is 0 Å². The smallest absolute Gasteiger partial charge is 0.336 e. The first-order valence-corrected chi connectivity index (χ1v) is 7.64. The highest BCUT2D eigenvalue weighted by Crippen LogP contribution is 2.33. The Bertz CT molecular complexity index is 819. The summed E-state index contributed by atoms with van der Waals surface area (Å²) in [5.41, 5.74) is 2.35. The second-order valence-electron chi connectivity index (χ2n) is 4.93. The third kappa shape index (κ3) is 3.29.